The third kappa shape index (κ3) is 4.20. The molecule has 5 rings (SSSR count). The minimum absolute atomic E-state index is 0.00853. The first-order chi connectivity index (χ1) is 15.1. The highest BCUT2D eigenvalue weighted by molar-refractivity contribution is 7.14. The van der Waals surface area contributed by atoms with E-state index in [1.165, 1.54) is 22.6 Å². The van der Waals surface area contributed by atoms with E-state index in [2.05, 4.69) is 4.90 Å². The third-order valence-electron chi connectivity index (χ3n) is 6.82. The Morgan fingerprint density at radius 1 is 0.935 bits per heavy atom. The molecule has 0 N–H and O–H groups in total. The summed E-state index contributed by atoms with van der Waals surface area (Å²) in [5.74, 6) is 0.182. The maximum atomic E-state index is 13.2. The Kier molecular flexibility index (Phi) is 5.69. The smallest absolute Gasteiger partial charge is 0.263 e. The highest BCUT2D eigenvalue weighted by atomic mass is 32.1. The van der Waals surface area contributed by atoms with E-state index in [4.69, 9.17) is 0 Å². The van der Waals surface area contributed by atoms with Crippen LogP contribution >= 0.6 is 11.3 Å². The van der Waals surface area contributed by atoms with Gasteiger partial charge in [0.05, 0.1) is 4.88 Å². The zero-order valence-corrected chi connectivity index (χ0v) is 18.5. The molecule has 2 fully saturated rings. The van der Waals surface area contributed by atoms with E-state index in [1.807, 2.05) is 15.9 Å². The van der Waals surface area contributed by atoms with E-state index in [1.54, 1.807) is 23.5 Å². The Morgan fingerprint density at radius 2 is 1.65 bits per heavy atom. The van der Waals surface area contributed by atoms with Gasteiger partial charge in [0.2, 0.25) is 5.91 Å². The van der Waals surface area contributed by atoms with E-state index >= 15 is 0 Å². The van der Waals surface area contributed by atoms with Gasteiger partial charge in [-0.1, -0.05) is 0 Å². The normalized spacial score (nSPS) is 21.3. The second kappa shape index (κ2) is 8.61. The summed E-state index contributed by atoms with van der Waals surface area (Å²) in [6, 6.07) is 8.61. The van der Waals surface area contributed by atoms with Crippen molar-refractivity contribution >= 4 is 28.8 Å². The number of fused-ring (bicyclic) bond motifs is 1. The van der Waals surface area contributed by atoms with Crippen LogP contribution in [0.15, 0.2) is 30.3 Å². The van der Waals surface area contributed by atoms with Gasteiger partial charge in [0, 0.05) is 55.8 Å². The van der Waals surface area contributed by atoms with Gasteiger partial charge in [-0.2, -0.15) is 0 Å². The van der Waals surface area contributed by atoms with Crippen molar-refractivity contribution in [3.8, 4) is 0 Å². The maximum Gasteiger partial charge on any atom is 0.263 e. The summed E-state index contributed by atoms with van der Waals surface area (Å²) in [6.07, 6.45) is 4.70. The molecule has 0 unspecified atom stereocenters. The van der Waals surface area contributed by atoms with Crippen LogP contribution in [0.2, 0.25) is 0 Å². The SMILES string of the molecule is O=C(c1cc2c(s1)CC[C@H](C(=O)N1CCN(c3ccc(F)cc3)CC1)C2)N1CCCC1. The van der Waals surface area contributed by atoms with Gasteiger partial charge in [0.25, 0.3) is 5.91 Å². The highest BCUT2D eigenvalue weighted by Crippen LogP contribution is 2.34. The number of nitrogens with zero attached hydrogens (tertiary/aromatic N) is 3. The quantitative estimate of drug-likeness (QED) is 0.731. The van der Waals surface area contributed by atoms with Crippen LogP contribution in [0.1, 0.15) is 39.4 Å². The predicted octanol–water partition coefficient (Wildman–Crippen LogP) is 3.58. The van der Waals surface area contributed by atoms with E-state index in [0.717, 1.165) is 68.8 Å². The summed E-state index contributed by atoms with van der Waals surface area (Å²) in [4.78, 5) is 34.2. The minimum Gasteiger partial charge on any atom is -0.368 e. The Morgan fingerprint density at radius 3 is 2.35 bits per heavy atom. The van der Waals surface area contributed by atoms with Crippen LogP contribution in [0.3, 0.4) is 0 Å². The van der Waals surface area contributed by atoms with Crippen LogP contribution in [0.5, 0.6) is 0 Å². The summed E-state index contributed by atoms with van der Waals surface area (Å²) < 4.78 is 13.2. The Balaban J connectivity index is 1.19. The molecule has 2 saturated heterocycles. The lowest BCUT2D eigenvalue weighted by atomic mass is 9.87. The number of likely N-dealkylation sites (tertiary alicyclic amines) is 1. The minimum atomic E-state index is -0.229. The molecular weight excluding hydrogens is 413 g/mol. The average Bonchev–Trinajstić information content (AvgIpc) is 3.48. The topological polar surface area (TPSA) is 43.9 Å². The van der Waals surface area contributed by atoms with Crippen molar-refractivity contribution in [2.24, 2.45) is 5.92 Å². The van der Waals surface area contributed by atoms with E-state index in [9.17, 15) is 14.0 Å². The zero-order valence-electron chi connectivity index (χ0n) is 17.7. The van der Waals surface area contributed by atoms with Crippen LogP contribution in [0, 0.1) is 11.7 Å². The monoisotopic (exact) mass is 441 g/mol. The van der Waals surface area contributed by atoms with Crippen molar-refractivity contribution in [3.63, 3.8) is 0 Å². The number of carbonyl (C=O) groups excluding carboxylic acids is 2. The molecule has 1 aliphatic carbocycles. The second-order valence-electron chi connectivity index (χ2n) is 8.79. The summed E-state index contributed by atoms with van der Waals surface area (Å²) in [7, 11) is 0. The number of halogens is 1. The molecule has 0 bridgehead atoms. The lowest BCUT2D eigenvalue weighted by Gasteiger charge is -2.38. The number of anilines is 1. The fourth-order valence-corrected chi connectivity index (χ4v) is 6.19. The van der Waals surface area contributed by atoms with E-state index < -0.39 is 0 Å². The molecule has 7 heteroatoms. The lowest BCUT2D eigenvalue weighted by Crippen LogP contribution is -2.51. The maximum absolute atomic E-state index is 13.2. The number of piperazine rings is 1. The van der Waals surface area contributed by atoms with Crippen molar-refractivity contribution in [2.45, 2.75) is 32.1 Å². The number of amides is 2. The number of thiophene rings is 1. The molecule has 3 heterocycles. The molecule has 31 heavy (non-hydrogen) atoms. The van der Waals surface area contributed by atoms with Crippen LogP contribution in [-0.4, -0.2) is 60.9 Å². The molecule has 5 nitrogen and oxygen atoms in total. The van der Waals surface area contributed by atoms with Gasteiger partial charge in [0.15, 0.2) is 0 Å². The summed E-state index contributed by atoms with van der Waals surface area (Å²) >= 11 is 1.63. The second-order valence-corrected chi connectivity index (χ2v) is 9.92. The molecule has 2 aliphatic heterocycles. The molecule has 3 aliphatic rings. The fraction of sp³-hybridized carbons (Fsp3) is 0.500. The van der Waals surface area contributed by atoms with Gasteiger partial charge < -0.3 is 14.7 Å². The number of hydrogen-bond donors (Lipinski definition) is 0. The number of carbonyl (C=O) groups is 2. The summed E-state index contributed by atoms with van der Waals surface area (Å²) in [5.41, 5.74) is 2.20. The zero-order chi connectivity index (χ0) is 21.4. The summed E-state index contributed by atoms with van der Waals surface area (Å²) in [5, 5.41) is 0. The van der Waals surface area contributed by atoms with Gasteiger partial charge in [-0.05, 0) is 68.0 Å². The molecule has 164 valence electrons. The van der Waals surface area contributed by atoms with Crippen LogP contribution in [0.25, 0.3) is 0 Å². The van der Waals surface area contributed by atoms with Crippen LogP contribution in [-0.2, 0) is 17.6 Å². The first kappa shape index (κ1) is 20.5. The molecule has 1 aromatic carbocycles. The van der Waals surface area contributed by atoms with Crippen molar-refractivity contribution in [1.29, 1.82) is 0 Å². The molecule has 0 saturated carbocycles. The van der Waals surface area contributed by atoms with Crippen LogP contribution in [0.4, 0.5) is 10.1 Å². The Bertz CT molecular complexity index is 960. The molecular formula is C24H28FN3O2S. The molecule has 0 radical (unpaired) electrons. The van der Waals surface area contributed by atoms with Gasteiger partial charge in [-0.25, -0.2) is 4.39 Å². The number of benzene rings is 1. The first-order valence-corrected chi connectivity index (χ1v) is 12.1. The van der Waals surface area contributed by atoms with Gasteiger partial charge in [0.1, 0.15) is 5.82 Å². The molecule has 1 atom stereocenters. The van der Waals surface area contributed by atoms with Crippen molar-refractivity contribution in [2.75, 3.05) is 44.2 Å². The van der Waals surface area contributed by atoms with Crippen LogP contribution < -0.4 is 4.90 Å². The highest BCUT2D eigenvalue weighted by Gasteiger charge is 2.32. The van der Waals surface area contributed by atoms with E-state index in [0.29, 0.717) is 13.1 Å². The Hall–Kier alpha value is -2.41. The third-order valence-corrected chi connectivity index (χ3v) is 8.04. The number of rotatable bonds is 3. The van der Waals surface area contributed by atoms with Gasteiger partial charge in [-0.3, -0.25) is 9.59 Å². The lowest BCUT2D eigenvalue weighted by molar-refractivity contribution is -0.136. The molecule has 1 aromatic heterocycles. The van der Waals surface area contributed by atoms with E-state index in [-0.39, 0.29) is 23.5 Å². The van der Waals surface area contributed by atoms with Crippen molar-refractivity contribution in [1.82, 2.24) is 9.80 Å². The largest absolute Gasteiger partial charge is 0.368 e. The molecule has 0 spiro atoms. The summed E-state index contributed by atoms with van der Waals surface area (Å²) in [6.45, 7) is 4.66. The first-order valence-electron chi connectivity index (χ1n) is 11.3. The standard InChI is InChI=1S/C24H28FN3O2S/c25-19-4-6-20(7-5-19)26-11-13-28(14-12-26)23(29)17-3-8-21-18(15-17)16-22(31-21)24(30)27-9-1-2-10-27/h4-7,16-17H,1-3,8-15H2/t17-/m0/s1. The fourth-order valence-electron chi connectivity index (χ4n) is 5.01. The number of aryl methyl sites for hydroxylation is 1. The Labute approximate surface area is 186 Å². The number of hydrogen-bond acceptors (Lipinski definition) is 4. The predicted molar refractivity (Wildman–Crippen MR) is 120 cm³/mol. The molecule has 2 aromatic rings. The van der Waals surface area contributed by atoms with Crippen molar-refractivity contribution in [3.05, 3.63) is 51.5 Å². The average molecular weight is 442 g/mol. The van der Waals surface area contributed by atoms with Crippen molar-refractivity contribution < 1.29 is 14.0 Å². The van der Waals surface area contributed by atoms with Gasteiger partial charge >= 0.3 is 0 Å². The molecule has 2 amide bonds. The van der Waals surface area contributed by atoms with Gasteiger partial charge in [-0.15, -0.1) is 11.3 Å².